The topological polar surface area (TPSA) is 89.5 Å². The highest BCUT2D eigenvalue weighted by molar-refractivity contribution is 7.82. The average Bonchev–Trinajstić information content (AvgIpc) is 3.45. The van der Waals surface area contributed by atoms with Gasteiger partial charge in [-0.05, 0) is 17.5 Å². The van der Waals surface area contributed by atoms with Crippen LogP contribution >= 0.6 is 0 Å². The highest BCUT2D eigenvalue weighted by Crippen LogP contribution is 2.34. The molecule has 2 saturated heterocycles. The molecule has 0 radical (unpaired) electrons. The summed E-state index contributed by atoms with van der Waals surface area (Å²) in [5.41, 5.74) is 1.99. The van der Waals surface area contributed by atoms with Crippen LogP contribution in [0.25, 0.3) is 0 Å². The Morgan fingerprint density at radius 3 is 1.97 bits per heavy atom. The van der Waals surface area contributed by atoms with Gasteiger partial charge < -0.3 is 18.9 Å². The minimum absolute atomic E-state index is 0.145. The average molecular weight is 535 g/mol. The van der Waals surface area contributed by atoms with Gasteiger partial charge in [-0.2, -0.15) is 8.42 Å². The smallest absolute Gasteiger partial charge is 0.368 e. The molecule has 2 fully saturated rings. The summed E-state index contributed by atoms with van der Waals surface area (Å²) in [5, 5.41) is 0. The fraction of sp³-hybridized carbons (Fsp3) is 0.571. The summed E-state index contributed by atoms with van der Waals surface area (Å²) in [6.45, 7) is 3.21. The van der Waals surface area contributed by atoms with Crippen molar-refractivity contribution >= 4 is 10.4 Å². The largest absolute Gasteiger partial charge is 0.400 e. The Morgan fingerprint density at radius 2 is 1.38 bits per heavy atom. The number of unbranched alkanes of at least 4 members (excludes halogenated alkanes) is 5. The van der Waals surface area contributed by atoms with Gasteiger partial charge in [-0.3, -0.25) is 0 Å². The van der Waals surface area contributed by atoms with Crippen molar-refractivity contribution in [2.75, 3.05) is 13.2 Å². The van der Waals surface area contributed by atoms with Crippen LogP contribution in [0.4, 0.5) is 0 Å². The molecule has 2 aromatic rings. The molecule has 0 bridgehead atoms. The Morgan fingerprint density at radius 1 is 0.784 bits per heavy atom. The minimum atomic E-state index is -4.06. The van der Waals surface area contributed by atoms with Gasteiger partial charge in [0.15, 0.2) is 6.29 Å². The van der Waals surface area contributed by atoms with Gasteiger partial charge in [-0.25, -0.2) is 8.37 Å². The highest BCUT2D eigenvalue weighted by Gasteiger charge is 2.53. The summed E-state index contributed by atoms with van der Waals surface area (Å²) in [4.78, 5) is 0. The van der Waals surface area contributed by atoms with E-state index in [0.29, 0.717) is 19.8 Å². The van der Waals surface area contributed by atoms with E-state index >= 15 is 0 Å². The summed E-state index contributed by atoms with van der Waals surface area (Å²) in [7, 11) is -4.06. The third-order valence-electron chi connectivity index (χ3n) is 6.54. The third-order valence-corrected chi connectivity index (χ3v) is 7.45. The fourth-order valence-corrected chi connectivity index (χ4v) is 5.39. The molecular formula is C28H38O8S. The van der Waals surface area contributed by atoms with Gasteiger partial charge in [0.2, 0.25) is 0 Å². The number of rotatable bonds is 15. The Labute approximate surface area is 220 Å². The zero-order valence-electron chi connectivity index (χ0n) is 21.4. The second-order valence-corrected chi connectivity index (χ2v) is 10.7. The van der Waals surface area contributed by atoms with E-state index in [1.54, 1.807) is 0 Å². The molecule has 0 saturated carbocycles. The summed E-state index contributed by atoms with van der Waals surface area (Å²) >= 11 is 0. The zero-order valence-corrected chi connectivity index (χ0v) is 22.2. The Bertz CT molecular complexity index is 1020. The lowest BCUT2D eigenvalue weighted by atomic mass is 10.1. The van der Waals surface area contributed by atoms with Crippen LogP contribution in [0.2, 0.25) is 0 Å². The molecule has 4 rings (SSSR count). The third kappa shape index (κ3) is 8.58. The standard InChI is InChI=1S/C28H38O8S/c1-2-3-4-5-6-13-18-31-28-27(33-20-23-16-11-8-12-17-23)26(32-19-22-14-9-7-10-15-22)25(35-28)24-21-34-37(29,30)36-24/h7-12,14-17,24-28H,2-6,13,18-21H2,1H3/t24-,25+,26+,27-,28-/m1/s1. The first-order valence-corrected chi connectivity index (χ1v) is 14.5. The van der Waals surface area contributed by atoms with E-state index in [2.05, 4.69) is 6.92 Å². The monoisotopic (exact) mass is 534 g/mol. The van der Waals surface area contributed by atoms with Gasteiger partial charge in [0.1, 0.15) is 24.4 Å². The maximum atomic E-state index is 11.9. The first-order valence-electron chi connectivity index (χ1n) is 13.2. The summed E-state index contributed by atoms with van der Waals surface area (Å²) < 4.78 is 58.9. The molecule has 204 valence electrons. The molecule has 8 nitrogen and oxygen atoms in total. The predicted octanol–water partition coefficient (Wildman–Crippen LogP) is 4.92. The van der Waals surface area contributed by atoms with E-state index in [1.807, 2.05) is 60.7 Å². The first-order chi connectivity index (χ1) is 18.1. The van der Waals surface area contributed by atoms with E-state index in [1.165, 1.54) is 25.7 Å². The van der Waals surface area contributed by atoms with Crippen molar-refractivity contribution in [2.45, 2.75) is 89.4 Å². The van der Waals surface area contributed by atoms with Gasteiger partial charge in [0.25, 0.3) is 0 Å². The van der Waals surface area contributed by atoms with E-state index in [4.69, 9.17) is 27.3 Å². The molecule has 2 aromatic carbocycles. The molecule has 0 unspecified atom stereocenters. The van der Waals surface area contributed by atoms with Crippen LogP contribution < -0.4 is 0 Å². The van der Waals surface area contributed by atoms with Crippen molar-refractivity contribution < 1.29 is 35.7 Å². The van der Waals surface area contributed by atoms with Crippen LogP contribution in [0, 0.1) is 0 Å². The lowest BCUT2D eigenvalue weighted by Crippen LogP contribution is -2.43. The molecule has 0 spiro atoms. The minimum Gasteiger partial charge on any atom is -0.368 e. The lowest BCUT2D eigenvalue weighted by molar-refractivity contribution is -0.187. The molecule has 0 N–H and O–H groups in total. The number of ether oxygens (including phenoxy) is 4. The van der Waals surface area contributed by atoms with Gasteiger partial charge in [0, 0.05) is 6.61 Å². The number of benzene rings is 2. The quantitative estimate of drug-likeness (QED) is 0.298. The highest BCUT2D eigenvalue weighted by atomic mass is 32.3. The van der Waals surface area contributed by atoms with E-state index < -0.39 is 41.1 Å². The van der Waals surface area contributed by atoms with Crippen LogP contribution in [-0.4, -0.2) is 52.3 Å². The zero-order chi connectivity index (χ0) is 25.9. The second-order valence-electron chi connectivity index (χ2n) is 9.46. The van der Waals surface area contributed by atoms with E-state index in [0.717, 1.165) is 24.0 Å². The van der Waals surface area contributed by atoms with Crippen molar-refractivity contribution in [1.29, 1.82) is 0 Å². The van der Waals surface area contributed by atoms with Crippen LogP contribution in [0.15, 0.2) is 60.7 Å². The van der Waals surface area contributed by atoms with E-state index in [9.17, 15) is 8.42 Å². The molecule has 2 heterocycles. The maximum Gasteiger partial charge on any atom is 0.400 e. The van der Waals surface area contributed by atoms with Crippen molar-refractivity contribution in [2.24, 2.45) is 0 Å². The molecular weight excluding hydrogens is 496 g/mol. The van der Waals surface area contributed by atoms with Crippen LogP contribution in [-0.2, 0) is 50.9 Å². The van der Waals surface area contributed by atoms with Crippen LogP contribution in [0.1, 0.15) is 56.6 Å². The second kappa shape index (κ2) is 14.3. The van der Waals surface area contributed by atoms with Gasteiger partial charge in [-0.1, -0.05) is 99.7 Å². The molecule has 0 aliphatic carbocycles. The maximum absolute atomic E-state index is 11.9. The SMILES string of the molecule is CCCCCCCCO[C@@H]1O[C@@H]([C@H]2COS(=O)(=O)O2)[C@H](OCc2ccccc2)[C@H]1OCc1ccccc1. The first kappa shape index (κ1) is 28.2. The van der Waals surface area contributed by atoms with Crippen molar-refractivity contribution in [3.8, 4) is 0 Å². The summed E-state index contributed by atoms with van der Waals surface area (Å²) in [5.74, 6) is 0. The lowest BCUT2D eigenvalue weighted by Gasteiger charge is -2.26. The fourth-order valence-electron chi connectivity index (χ4n) is 4.57. The normalized spacial score (nSPS) is 27.0. The molecule has 5 atom stereocenters. The molecule has 9 heteroatoms. The van der Waals surface area contributed by atoms with Crippen molar-refractivity contribution in [3.63, 3.8) is 0 Å². The molecule has 2 aliphatic heterocycles. The molecule has 0 aromatic heterocycles. The van der Waals surface area contributed by atoms with Gasteiger partial charge in [-0.15, -0.1) is 0 Å². The summed E-state index contributed by atoms with van der Waals surface area (Å²) in [6, 6.07) is 19.6. The Kier molecular flexibility index (Phi) is 10.9. The summed E-state index contributed by atoms with van der Waals surface area (Å²) in [6.07, 6.45) is 3.32. The van der Waals surface area contributed by atoms with Gasteiger partial charge in [0.05, 0.1) is 19.8 Å². The predicted molar refractivity (Wildman–Crippen MR) is 138 cm³/mol. The number of hydrogen-bond donors (Lipinski definition) is 0. The Balaban J connectivity index is 1.46. The van der Waals surface area contributed by atoms with Crippen LogP contribution in [0.3, 0.4) is 0 Å². The molecule has 0 amide bonds. The van der Waals surface area contributed by atoms with Crippen molar-refractivity contribution in [3.05, 3.63) is 71.8 Å². The van der Waals surface area contributed by atoms with Crippen molar-refractivity contribution in [1.82, 2.24) is 0 Å². The Hall–Kier alpha value is -1.85. The van der Waals surface area contributed by atoms with Crippen LogP contribution in [0.5, 0.6) is 0 Å². The molecule has 37 heavy (non-hydrogen) atoms. The number of hydrogen-bond acceptors (Lipinski definition) is 8. The van der Waals surface area contributed by atoms with E-state index in [-0.39, 0.29) is 6.61 Å². The molecule has 2 aliphatic rings. The van der Waals surface area contributed by atoms with Gasteiger partial charge >= 0.3 is 10.4 Å².